The molecular weight excluding hydrogens is 520 g/mol. The Bertz CT molecular complexity index is 1240. The molecule has 2 atom stereocenters. The van der Waals surface area contributed by atoms with Crippen LogP contribution in [0.2, 0.25) is 0 Å². The van der Waals surface area contributed by atoms with E-state index in [0.29, 0.717) is 12.1 Å². The number of aliphatic carboxylic acids is 2. The third kappa shape index (κ3) is 7.14. The molecule has 1 aromatic heterocycles. The number of fused-ring (bicyclic) bond motifs is 1. The molecule has 2 amide bonds. The predicted molar refractivity (Wildman–Crippen MR) is 126 cm³/mol. The van der Waals surface area contributed by atoms with Gasteiger partial charge in [-0.2, -0.15) is 4.98 Å². The molecule has 16 nitrogen and oxygen atoms in total. The standard InChI is InChI=1S/C20H22N8O8.Ca/c21-20-24-16-15(18(33)25-20)27(9-29)12(8-28(16)26-36)7-22-11-3-1-10(2-4-11)17(32)23-13(19(34)35)5-6-14(30)31;/h1-4,9,12-13,22H,5-8H2,(H,23,32)(H,30,31)(H,34,35)(H3,21,24,25,33);/q;+2/p-2/t12-,13-;/m0./s1. The summed E-state index contributed by atoms with van der Waals surface area (Å²) in [7, 11) is 0. The zero-order valence-electron chi connectivity index (χ0n) is 19.2. The largest absolute Gasteiger partial charge is 2.00 e. The molecule has 1 aliphatic heterocycles. The number of carbonyl (C=O) groups is 4. The number of aromatic amines is 1. The molecule has 0 bridgehead atoms. The van der Waals surface area contributed by atoms with Crippen LogP contribution in [0.1, 0.15) is 23.2 Å². The van der Waals surface area contributed by atoms with E-state index in [2.05, 4.69) is 25.9 Å². The van der Waals surface area contributed by atoms with Crippen molar-refractivity contribution in [1.29, 1.82) is 0 Å². The first kappa shape index (κ1) is 29.5. The number of hydrogen-bond acceptors (Lipinski definition) is 12. The average Bonchev–Trinajstić information content (AvgIpc) is 2.84. The van der Waals surface area contributed by atoms with E-state index in [-0.39, 0.29) is 73.8 Å². The number of nitroso groups, excluding NO2 is 1. The second-order valence-corrected chi connectivity index (χ2v) is 7.67. The first-order valence-corrected chi connectivity index (χ1v) is 10.4. The first-order chi connectivity index (χ1) is 17.1. The van der Waals surface area contributed by atoms with Gasteiger partial charge in [0.15, 0.2) is 11.5 Å². The maximum absolute atomic E-state index is 12.4. The van der Waals surface area contributed by atoms with Crippen molar-refractivity contribution < 1.29 is 29.4 Å². The molecule has 0 fully saturated rings. The van der Waals surface area contributed by atoms with E-state index in [1.807, 2.05) is 0 Å². The molecule has 5 N–H and O–H groups in total. The second kappa shape index (κ2) is 13.0. The Morgan fingerprint density at radius 1 is 1.27 bits per heavy atom. The number of H-pyrrole nitrogens is 1. The third-order valence-corrected chi connectivity index (χ3v) is 5.30. The molecule has 0 radical (unpaired) electrons. The molecule has 2 aromatic rings. The number of nitrogens with zero attached hydrogens (tertiary/aromatic N) is 4. The van der Waals surface area contributed by atoms with Gasteiger partial charge in [-0.05, 0) is 37.1 Å². The van der Waals surface area contributed by atoms with Crippen molar-refractivity contribution in [2.45, 2.75) is 24.9 Å². The molecule has 3 rings (SSSR count). The Labute approximate surface area is 238 Å². The van der Waals surface area contributed by atoms with Gasteiger partial charge >= 0.3 is 37.7 Å². The number of carbonyl (C=O) groups excluding carboxylic acids is 4. The summed E-state index contributed by atoms with van der Waals surface area (Å²) in [6.07, 6.45) is -0.551. The van der Waals surface area contributed by atoms with Gasteiger partial charge < -0.3 is 41.1 Å². The molecule has 37 heavy (non-hydrogen) atoms. The Morgan fingerprint density at radius 2 is 1.95 bits per heavy atom. The fourth-order valence-corrected chi connectivity index (χ4v) is 3.54. The number of anilines is 4. The fraction of sp³-hybridized carbons (Fsp3) is 0.300. The van der Waals surface area contributed by atoms with Crippen LogP contribution < -0.4 is 42.0 Å². The normalized spacial score (nSPS) is 15.0. The van der Waals surface area contributed by atoms with E-state index in [9.17, 15) is 39.1 Å². The van der Waals surface area contributed by atoms with Gasteiger partial charge in [-0.25, -0.2) is 5.01 Å². The summed E-state index contributed by atoms with van der Waals surface area (Å²) in [5, 5.41) is 30.6. The van der Waals surface area contributed by atoms with Gasteiger partial charge in [-0.1, -0.05) is 0 Å². The molecule has 0 saturated heterocycles. The third-order valence-electron chi connectivity index (χ3n) is 5.30. The number of benzene rings is 1. The van der Waals surface area contributed by atoms with E-state index >= 15 is 0 Å². The Balaban J connectivity index is 0.00000481. The fourth-order valence-electron chi connectivity index (χ4n) is 3.54. The SMILES string of the molecule is Nc1nc2c(c(=O)[nH]1)N(C=O)[C@@H](CNc1ccc(C(=O)N[C@@H](CCC(=O)[O-])C(=O)[O-])cc1)CN2N=O.[Ca+2]. The van der Waals surface area contributed by atoms with Gasteiger partial charge in [0.25, 0.3) is 11.5 Å². The molecule has 0 aliphatic carbocycles. The maximum atomic E-state index is 12.4. The van der Waals surface area contributed by atoms with Crippen LogP contribution in [-0.2, 0) is 14.4 Å². The molecule has 1 aromatic carbocycles. The van der Waals surface area contributed by atoms with Gasteiger partial charge in [0, 0.05) is 23.8 Å². The summed E-state index contributed by atoms with van der Waals surface area (Å²) in [4.78, 5) is 76.6. The molecule has 190 valence electrons. The first-order valence-electron chi connectivity index (χ1n) is 10.4. The predicted octanol–water partition coefficient (Wildman–Crippen LogP) is -3.71. The number of nitrogens with one attached hydrogen (secondary N) is 3. The van der Waals surface area contributed by atoms with Gasteiger partial charge in [-0.15, -0.1) is 4.91 Å². The number of carboxylic acids is 2. The molecule has 2 heterocycles. The van der Waals surface area contributed by atoms with Crippen LogP contribution in [0.25, 0.3) is 0 Å². The maximum Gasteiger partial charge on any atom is 2.00 e. The smallest absolute Gasteiger partial charge is 0.550 e. The number of rotatable bonds is 11. The topological polar surface area (TPSA) is 246 Å². The van der Waals surface area contributed by atoms with Crippen LogP contribution >= 0.6 is 0 Å². The van der Waals surface area contributed by atoms with E-state index in [0.717, 1.165) is 9.91 Å². The van der Waals surface area contributed by atoms with Gasteiger partial charge in [-0.3, -0.25) is 19.4 Å². The van der Waals surface area contributed by atoms with Crippen LogP contribution in [0, 0.1) is 4.91 Å². The van der Waals surface area contributed by atoms with Crippen LogP contribution in [-0.4, -0.2) is 97.1 Å². The van der Waals surface area contributed by atoms with Gasteiger partial charge in [0.2, 0.25) is 12.4 Å². The number of aromatic nitrogens is 2. The van der Waals surface area contributed by atoms with Gasteiger partial charge in [0.1, 0.15) is 0 Å². The van der Waals surface area contributed by atoms with Gasteiger partial charge in [0.05, 0.1) is 29.9 Å². The number of nitrogens with two attached hydrogens (primary N) is 1. The Morgan fingerprint density at radius 3 is 2.51 bits per heavy atom. The van der Waals surface area contributed by atoms with Crippen molar-refractivity contribution in [2.75, 3.05) is 34.0 Å². The van der Waals surface area contributed by atoms with Crippen molar-refractivity contribution in [3.05, 3.63) is 45.1 Å². The monoisotopic (exact) mass is 540 g/mol. The van der Waals surface area contributed by atoms with Crippen molar-refractivity contribution in [3.63, 3.8) is 0 Å². The summed E-state index contributed by atoms with van der Waals surface area (Å²) in [6.45, 7) is -0.0232. The summed E-state index contributed by atoms with van der Waals surface area (Å²) in [6, 6.07) is 3.53. The van der Waals surface area contributed by atoms with E-state index < -0.39 is 48.3 Å². The summed E-state index contributed by atoms with van der Waals surface area (Å²) >= 11 is 0. The minimum atomic E-state index is -1.63. The number of hydrogen-bond donors (Lipinski definition) is 4. The molecular formula is C20H20CaN8O8. The second-order valence-electron chi connectivity index (χ2n) is 7.67. The van der Waals surface area contributed by atoms with Crippen LogP contribution in [0.3, 0.4) is 0 Å². The minimum absolute atomic E-state index is 0. The number of carboxylic acid groups (broad SMARTS) is 2. The van der Waals surface area contributed by atoms with Crippen LogP contribution in [0.4, 0.5) is 23.1 Å². The van der Waals surface area contributed by atoms with Crippen LogP contribution in [0.5, 0.6) is 0 Å². The summed E-state index contributed by atoms with van der Waals surface area (Å²) < 4.78 is 0. The van der Waals surface area contributed by atoms with Crippen molar-refractivity contribution in [3.8, 4) is 0 Å². The van der Waals surface area contributed by atoms with Crippen molar-refractivity contribution >= 4 is 85.1 Å². The Hall–Kier alpha value is -3.76. The zero-order chi connectivity index (χ0) is 26.4. The molecule has 0 spiro atoms. The quantitative estimate of drug-likeness (QED) is 0.122. The van der Waals surface area contributed by atoms with Crippen LogP contribution in [0.15, 0.2) is 34.3 Å². The average molecular weight is 541 g/mol. The van der Waals surface area contributed by atoms with Crippen molar-refractivity contribution in [1.82, 2.24) is 15.3 Å². The number of nitrogen functional groups attached to an aromatic ring is 1. The molecule has 0 unspecified atom stereocenters. The summed E-state index contributed by atoms with van der Waals surface area (Å²) in [5.74, 6) is -4.25. The molecule has 1 aliphatic rings. The number of amides is 2. The Kier molecular flexibility index (Phi) is 10.3. The minimum Gasteiger partial charge on any atom is -0.550 e. The molecule has 17 heteroatoms. The van der Waals surface area contributed by atoms with E-state index in [4.69, 9.17) is 5.73 Å². The molecule has 0 saturated carbocycles. The summed E-state index contributed by atoms with van der Waals surface area (Å²) in [5.41, 5.74) is 5.18. The van der Waals surface area contributed by atoms with E-state index in [1.165, 1.54) is 24.3 Å². The zero-order valence-corrected chi connectivity index (χ0v) is 21.4. The van der Waals surface area contributed by atoms with Crippen molar-refractivity contribution in [2.24, 2.45) is 5.29 Å². The van der Waals surface area contributed by atoms with E-state index in [1.54, 1.807) is 0 Å².